The fourth-order valence-corrected chi connectivity index (χ4v) is 3.03. The van der Waals surface area contributed by atoms with Gasteiger partial charge in [-0.1, -0.05) is 48.5 Å². The molecule has 1 heterocycles. The van der Waals surface area contributed by atoms with Gasteiger partial charge in [0.15, 0.2) is 0 Å². The Bertz CT molecular complexity index is 589. The second-order valence-electron chi connectivity index (χ2n) is 5.52. The molecule has 0 unspecified atom stereocenters. The lowest BCUT2D eigenvalue weighted by Gasteiger charge is -2.36. The summed E-state index contributed by atoms with van der Waals surface area (Å²) < 4.78 is 0. The molecule has 0 aromatic heterocycles. The highest BCUT2D eigenvalue weighted by atomic mass is 16.2. The van der Waals surface area contributed by atoms with Crippen molar-refractivity contribution in [3.8, 4) is 0 Å². The first kappa shape index (κ1) is 13.8. The molecule has 1 saturated heterocycles. The minimum absolute atomic E-state index is 0.0985. The first-order valence-electron chi connectivity index (χ1n) is 7.44. The van der Waals surface area contributed by atoms with Crippen LogP contribution in [0, 0.1) is 0 Å². The number of benzene rings is 2. The number of hydrogen-bond donors (Lipinski definition) is 2. The van der Waals surface area contributed by atoms with E-state index in [2.05, 4.69) is 22.8 Å². The standard InChI is InChI=1S/C18H20N2O/c21-17(20-16-9-5-2-6-10-16)18(11-13-19-14-12-18)15-7-3-1-4-8-15/h1-10,19H,11-14H2,(H,20,21). The van der Waals surface area contributed by atoms with Crippen LogP contribution in [-0.4, -0.2) is 19.0 Å². The van der Waals surface area contributed by atoms with E-state index in [9.17, 15) is 4.79 Å². The van der Waals surface area contributed by atoms with Crippen LogP contribution in [-0.2, 0) is 10.2 Å². The number of amides is 1. The van der Waals surface area contributed by atoms with Crippen LogP contribution in [0.25, 0.3) is 0 Å². The number of piperidine rings is 1. The highest BCUT2D eigenvalue weighted by Gasteiger charge is 2.41. The highest BCUT2D eigenvalue weighted by molar-refractivity contribution is 5.99. The Balaban J connectivity index is 1.90. The SMILES string of the molecule is O=C(Nc1ccccc1)C1(c2ccccc2)CCNCC1. The summed E-state index contributed by atoms with van der Waals surface area (Å²) in [4.78, 5) is 13.0. The maximum absolute atomic E-state index is 13.0. The smallest absolute Gasteiger partial charge is 0.235 e. The van der Waals surface area contributed by atoms with E-state index < -0.39 is 5.41 Å². The zero-order chi connectivity index (χ0) is 14.5. The van der Waals surface area contributed by atoms with E-state index in [-0.39, 0.29) is 5.91 Å². The van der Waals surface area contributed by atoms with Gasteiger partial charge in [-0.25, -0.2) is 0 Å². The van der Waals surface area contributed by atoms with Gasteiger partial charge in [0.2, 0.25) is 5.91 Å². The third kappa shape index (κ3) is 2.83. The largest absolute Gasteiger partial charge is 0.325 e. The minimum Gasteiger partial charge on any atom is -0.325 e. The molecule has 108 valence electrons. The fourth-order valence-electron chi connectivity index (χ4n) is 3.03. The second kappa shape index (κ2) is 6.10. The molecule has 2 aromatic carbocycles. The number of rotatable bonds is 3. The van der Waals surface area contributed by atoms with Crippen molar-refractivity contribution in [1.82, 2.24) is 5.32 Å². The zero-order valence-electron chi connectivity index (χ0n) is 12.0. The molecule has 0 atom stereocenters. The van der Waals surface area contributed by atoms with E-state index in [4.69, 9.17) is 0 Å². The summed E-state index contributed by atoms with van der Waals surface area (Å²) in [5, 5.41) is 6.43. The third-order valence-corrected chi connectivity index (χ3v) is 4.25. The Morgan fingerprint density at radius 2 is 1.48 bits per heavy atom. The van der Waals surface area contributed by atoms with Crippen LogP contribution in [0.3, 0.4) is 0 Å². The van der Waals surface area contributed by atoms with Crippen LogP contribution in [0.5, 0.6) is 0 Å². The van der Waals surface area contributed by atoms with Crippen molar-refractivity contribution in [1.29, 1.82) is 0 Å². The Morgan fingerprint density at radius 1 is 0.905 bits per heavy atom. The number of carbonyl (C=O) groups excluding carboxylic acids is 1. The summed E-state index contributed by atoms with van der Waals surface area (Å²) in [6.45, 7) is 1.74. The molecule has 1 aliphatic heterocycles. The Hall–Kier alpha value is -2.13. The number of para-hydroxylation sites is 1. The van der Waals surface area contributed by atoms with Crippen LogP contribution in [0.15, 0.2) is 60.7 Å². The van der Waals surface area contributed by atoms with Crippen molar-refractivity contribution in [3.63, 3.8) is 0 Å². The van der Waals surface area contributed by atoms with E-state index in [0.29, 0.717) is 0 Å². The molecule has 0 saturated carbocycles. The van der Waals surface area contributed by atoms with Crippen LogP contribution >= 0.6 is 0 Å². The van der Waals surface area contributed by atoms with E-state index >= 15 is 0 Å². The lowest BCUT2D eigenvalue weighted by Crippen LogP contribution is -2.48. The summed E-state index contributed by atoms with van der Waals surface area (Å²) in [7, 11) is 0. The normalized spacial score (nSPS) is 17.1. The van der Waals surface area contributed by atoms with Crippen LogP contribution < -0.4 is 10.6 Å². The quantitative estimate of drug-likeness (QED) is 0.907. The highest BCUT2D eigenvalue weighted by Crippen LogP contribution is 2.34. The van der Waals surface area contributed by atoms with Crippen LogP contribution in [0.4, 0.5) is 5.69 Å². The maximum Gasteiger partial charge on any atom is 0.235 e. The monoisotopic (exact) mass is 280 g/mol. The molecule has 3 rings (SSSR count). The molecule has 0 aliphatic carbocycles. The number of carbonyl (C=O) groups is 1. The maximum atomic E-state index is 13.0. The van der Waals surface area contributed by atoms with Gasteiger partial charge in [0.1, 0.15) is 0 Å². The molecular formula is C18H20N2O. The van der Waals surface area contributed by atoms with Gasteiger partial charge < -0.3 is 10.6 Å². The molecule has 1 aliphatic rings. The molecule has 21 heavy (non-hydrogen) atoms. The zero-order valence-corrected chi connectivity index (χ0v) is 12.0. The number of anilines is 1. The molecule has 1 amide bonds. The first-order valence-corrected chi connectivity index (χ1v) is 7.44. The topological polar surface area (TPSA) is 41.1 Å². The van der Waals surface area contributed by atoms with E-state index in [1.165, 1.54) is 0 Å². The van der Waals surface area contributed by atoms with Gasteiger partial charge in [-0.3, -0.25) is 4.79 Å². The summed E-state index contributed by atoms with van der Waals surface area (Å²) in [5.41, 5.74) is 1.54. The Labute approximate surface area is 125 Å². The average molecular weight is 280 g/mol. The lowest BCUT2D eigenvalue weighted by atomic mass is 9.72. The molecule has 3 nitrogen and oxygen atoms in total. The van der Waals surface area contributed by atoms with Crippen molar-refractivity contribution in [3.05, 3.63) is 66.2 Å². The summed E-state index contributed by atoms with van der Waals surface area (Å²) in [6, 6.07) is 19.8. The van der Waals surface area contributed by atoms with Crippen LogP contribution in [0.1, 0.15) is 18.4 Å². The molecular weight excluding hydrogens is 260 g/mol. The van der Waals surface area contributed by atoms with Crippen LogP contribution in [0.2, 0.25) is 0 Å². The van der Waals surface area contributed by atoms with Crippen molar-refractivity contribution < 1.29 is 4.79 Å². The summed E-state index contributed by atoms with van der Waals surface area (Å²) in [6.07, 6.45) is 1.66. The molecule has 1 fully saturated rings. The summed E-state index contributed by atoms with van der Waals surface area (Å²) >= 11 is 0. The number of nitrogens with one attached hydrogen (secondary N) is 2. The minimum atomic E-state index is -0.428. The Kier molecular flexibility index (Phi) is 4.02. The van der Waals surface area contributed by atoms with Gasteiger partial charge in [-0.2, -0.15) is 0 Å². The van der Waals surface area contributed by atoms with E-state index in [1.54, 1.807) is 0 Å². The molecule has 3 heteroatoms. The van der Waals surface area contributed by atoms with Crippen molar-refractivity contribution in [2.75, 3.05) is 18.4 Å². The Morgan fingerprint density at radius 3 is 2.10 bits per heavy atom. The second-order valence-corrected chi connectivity index (χ2v) is 5.52. The molecule has 0 radical (unpaired) electrons. The van der Waals surface area contributed by atoms with Gasteiger partial charge in [-0.05, 0) is 43.6 Å². The van der Waals surface area contributed by atoms with Crippen molar-refractivity contribution in [2.24, 2.45) is 0 Å². The first-order chi connectivity index (χ1) is 10.3. The predicted molar refractivity (Wildman–Crippen MR) is 85.3 cm³/mol. The van der Waals surface area contributed by atoms with E-state index in [0.717, 1.165) is 37.2 Å². The van der Waals surface area contributed by atoms with Gasteiger partial charge >= 0.3 is 0 Å². The van der Waals surface area contributed by atoms with Gasteiger partial charge in [0.05, 0.1) is 5.41 Å². The number of hydrogen-bond acceptors (Lipinski definition) is 2. The molecule has 2 aromatic rings. The lowest BCUT2D eigenvalue weighted by molar-refractivity contribution is -0.122. The van der Waals surface area contributed by atoms with Gasteiger partial charge in [0.25, 0.3) is 0 Å². The summed E-state index contributed by atoms with van der Waals surface area (Å²) in [5.74, 6) is 0.0985. The molecule has 2 N–H and O–H groups in total. The van der Waals surface area contributed by atoms with Crippen molar-refractivity contribution >= 4 is 11.6 Å². The van der Waals surface area contributed by atoms with Gasteiger partial charge in [-0.15, -0.1) is 0 Å². The fraction of sp³-hybridized carbons (Fsp3) is 0.278. The molecule has 0 spiro atoms. The predicted octanol–water partition coefficient (Wildman–Crippen LogP) is 2.95. The third-order valence-electron chi connectivity index (χ3n) is 4.25. The van der Waals surface area contributed by atoms with Gasteiger partial charge in [0, 0.05) is 5.69 Å². The average Bonchev–Trinajstić information content (AvgIpc) is 2.57. The van der Waals surface area contributed by atoms with E-state index in [1.807, 2.05) is 48.5 Å². The molecule has 0 bridgehead atoms. The van der Waals surface area contributed by atoms with Crippen molar-refractivity contribution in [2.45, 2.75) is 18.3 Å².